The van der Waals surface area contributed by atoms with E-state index in [1.54, 1.807) is 12.1 Å². The minimum atomic E-state index is -0.249. The van der Waals surface area contributed by atoms with Crippen LogP contribution in [0.5, 0.6) is 11.5 Å². The molecule has 1 aliphatic heterocycles. The first-order valence-corrected chi connectivity index (χ1v) is 10.2. The van der Waals surface area contributed by atoms with Gasteiger partial charge in [-0.25, -0.2) is 0 Å². The Morgan fingerprint density at radius 2 is 1.83 bits per heavy atom. The second kappa shape index (κ2) is 8.33. The third-order valence-corrected chi connectivity index (χ3v) is 5.32. The molecule has 7 heteroatoms. The zero-order valence-electron chi connectivity index (χ0n) is 16.2. The van der Waals surface area contributed by atoms with Crippen molar-refractivity contribution in [2.75, 3.05) is 18.5 Å². The first kappa shape index (κ1) is 19.6. The summed E-state index contributed by atoms with van der Waals surface area (Å²) in [6.45, 7) is 2.96. The molecule has 152 valence electrons. The van der Waals surface area contributed by atoms with Crippen LogP contribution < -0.4 is 20.1 Å². The number of benzene rings is 2. The molecule has 29 heavy (non-hydrogen) atoms. The van der Waals surface area contributed by atoms with Gasteiger partial charge in [0.15, 0.2) is 11.5 Å². The largest absolute Gasteiger partial charge is 0.489 e. The van der Waals surface area contributed by atoms with Crippen molar-refractivity contribution >= 4 is 29.1 Å². The van der Waals surface area contributed by atoms with Crippen molar-refractivity contribution in [1.82, 2.24) is 5.32 Å². The van der Waals surface area contributed by atoms with E-state index in [4.69, 9.17) is 21.1 Å². The van der Waals surface area contributed by atoms with Crippen LogP contribution in [-0.2, 0) is 4.79 Å². The van der Waals surface area contributed by atoms with Gasteiger partial charge in [0.1, 0.15) is 0 Å². The lowest BCUT2D eigenvalue weighted by Crippen LogP contribution is -2.26. The van der Waals surface area contributed by atoms with E-state index in [-0.39, 0.29) is 23.8 Å². The Balaban J connectivity index is 1.42. The fourth-order valence-electron chi connectivity index (χ4n) is 3.17. The number of carbonyl (C=O) groups excluding carboxylic acids is 2. The molecule has 6 nitrogen and oxygen atoms in total. The average Bonchev–Trinajstić information content (AvgIpc) is 3.55. The van der Waals surface area contributed by atoms with Crippen LogP contribution in [0.15, 0.2) is 36.4 Å². The van der Waals surface area contributed by atoms with Crippen molar-refractivity contribution in [2.24, 2.45) is 5.92 Å². The lowest BCUT2D eigenvalue weighted by Gasteiger charge is -2.16. The Hall–Kier alpha value is -2.73. The van der Waals surface area contributed by atoms with Gasteiger partial charge in [-0.1, -0.05) is 23.7 Å². The second-order valence-electron chi connectivity index (χ2n) is 7.42. The average molecular weight is 415 g/mol. The number of anilines is 1. The topological polar surface area (TPSA) is 76.7 Å². The van der Waals surface area contributed by atoms with E-state index in [0.717, 1.165) is 30.5 Å². The maximum absolute atomic E-state index is 12.7. The lowest BCUT2D eigenvalue weighted by atomic mass is 10.1. The summed E-state index contributed by atoms with van der Waals surface area (Å²) in [6.07, 6.45) is 2.70. The Morgan fingerprint density at radius 1 is 1.10 bits per heavy atom. The number of amides is 2. The monoisotopic (exact) mass is 414 g/mol. The zero-order chi connectivity index (χ0) is 20.4. The maximum Gasteiger partial charge on any atom is 0.251 e. The van der Waals surface area contributed by atoms with E-state index in [1.807, 2.05) is 31.2 Å². The van der Waals surface area contributed by atoms with Gasteiger partial charge in [-0.15, -0.1) is 0 Å². The summed E-state index contributed by atoms with van der Waals surface area (Å²) in [5, 5.41) is 6.24. The molecule has 1 unspecified atom stereocenters. The molecule has 0 radical (unpaired) electrons. The molecule has 1 saturated carbocycles. The van der Waals surface area contributed by atoms with Crippen LogP contribution in [0.25, 0.3) is 0 Å². The number of nitrogens with one attached hydrogen (secondary N) is 2. The van der Waals surface area contributed by atoms with Crippen molar-refractivity contribution in [2.45, 2.75) is 32.2 Å². The molecule has 0 spiro atoms. The predicted molar refractivity (Wildman–Crippen MR) is 111 cm³/mol. The molecule has 2 amide bonds. The van der Waals surface area contributed by atoms with Crippen molar-refractivity contribution in [3.05, 3.63) is 52.5 Å². The number of hydrogen-bond acceptors (Lipinski definition) is 4. The van der Waals surface area contributed by atoms with Gasteiger partial charge >= 0.3 is 0 Å². The summed E-state index contributed by atoms with van der Waals surface area (Å²) in [5.41, 5.74) is 2.11. The molecule has 2 N–H and O–H groups in total. The van der Waals surface area contributed by atoms with Crippen molar-refractivity contribution in [1.29, 1.82) is 0 Å². The van der Waals surface area contributed by atoms with Crippen molar-refractivity contribution in [3.63, 3.8) is 0 Å². The molecule has 2 aliphatic rings. The Labute approximate surface area is 174 Å². The molecule has 2 aromatic carbocycles. The van der Waals surface area contributed by atoms with E-state index < -0.39 is 0 Å². The van der Waals surface area contributed by atoms with Crippen LogP contribution in [0.4, 0.5) is 5.69 Å². The summed E-state index contributed by atoms with van der Waals surface area (Å²) < 4.78 is 11.3. The second-order valence-corrected chi connectivity index (χ2v) is 7.82. The smallest absolute Gasteiger partial charge is 0.251 e. The fraction of sp³-hybridized carbons (Fsp3) is 0.364. The highest BCUT2D eigenvalue weighted by molar-refractivity contribution is 6.32. The maximum atomic E-state index is 12.7. The highest BCUT2D eigenvalue weighted by atomic mass is 35.5. The molecule has 1 fully saturated rings. The standard InChI is InChI=1S/C22H23ClN2O4/c1-13(14-5-7-17(8-6-14)25-21(26)15-3-4-15)24-22(27)16-11-18(23)20-19(12-16)28-9-2-10-29-20/h5-8,11-13,15H,2-4,9-10H2,1H3,(H,24,27)(H,25,26). The molecule has 4 rings (SSSR count). The van der Waals surface area contributed by atoms with E-state index in [1.165, 1.54) is 0 Å². The molecule has 1 aliphatic carbocycles. The third kappa shape index (κ3) is 4.65. The number of ether oxygens (including phenoxy) is 2. The third-order valence-electron chi connectivity index (χ3n) is 5.04. The molecule has 2 aromatic rings. The van der Waals surface area contributed by atoms with Gasteiger partial charge in [0.05, 0.1) is 24.3 Å². The van der Waals surface area contributed by atoms with Crippen LogP contribution in [0, 0.1) is 5.92 Å². The van der Waals surface area contributed by atoms with Crippen molar-refractivity contribution < 1.29 is 19.1 Å². The summed E-state index contributed by atoms with van der Waals surface area (Å²) in [6, 6.07) is 10.5. The fourth-order valence-corrected chi connectivity index (χ4v) is 3.44. The van der Waals surface area contributed by atoms with Gasteiger partial charge in [0.25, 0.3) is 5.91 Å². The molecule has 0 bridgehead atoms. The normalized spacial score (nSPS) is 16.5. The van der Waals surface area contributed by atoms with Crippen LogP contribution in [0.3, 0.4) is 0 Å². The molecular formula is C22H23ClN2O4. The van der Waals surface area contributed by atoms with E-state index in [2.05, 4.69) is 10.6 Å². The Kier molecular flexibility index (Phi) is 5.62. The van der Waals surface area contributed by atoms with E-state index in [0.29, 0.717) is 35.3 Å². The molecule has 1 heterocycles. The Bertz CT molecular complexity index is 925. The minimum Gasteiger partial charge on any atom is -0.489 e. The lowest BCUT2D eigenvalue weighted by molar-refractivity contribution is -0.117. The first-order valence-electron chi connectivity index (χ1n) is 9.82. The van der Waals surface area contributed by atoms with Crippen molar-refractivity contribution in [3.8, 4) is 11.5 Å². The molecule has 0 saturated heterocycles. The van der Waals surface area contributed by atoms with Crippen LogP contribution >= 0.6 is 11.6 Å². The summed E-state index contributed by atoms with van der Waals surface area (Å²) in [7, 11) is 0. The van der Waals surface area contributed by atoms with Crippen LogP contribution in [-0.4, -0.2) is 25.0 Å². The number of halogens is 1. The van der Waals surface area contributed by atoms with Gasteiger partial charge in [-0.3, -0.25) is 9.59 Å². The first-order chi connectivity index (χ1) is 14.0. The van der Waals surface area contributed by atoms with Gasteiger partial charge in [-0.2, -0.15) is 0 Å². The number of carbonyl (C=O) groups is 2. The SMILES string of the molecule is CC(NC(=O)c1cc(Cl)c2c(c1)OCCCO2)c1ccc(NC(=O)C2CC2)cc1. The van der Waals surface area contributed by atoms with E-state index >= 15 is 0 Å². The quantitative estimate of drug-likeness (QED) is 0.763. The zero-order valence-corrected chi connectivity index (χ0v) is 16.9. The Morgan fingerprint density at radius 3 is 2.55 bits per heavy atom. The van der Waals surface area contributed by atoms with Gasteiger partial charge in [0.2, 0.25) is 5.91 Å². The van der Waals surface area contributed by atoms with E-state index in [9.17, 15) is 9.59 Å². The predicted octanol–water partition coefficient (Wildman–Crippen LogP) is 4.34. The van der Waals surface area contributed by atoms with Gasteiger partial charge in [0, 0.05) is 23.6 Å². The highest BCUT2D eigenvalue weighted by Gasteiger charge is 2.29. The summed E-state index contributed by atoms with van der Waals surface area (Å²) >= 11 is 6.28. The van der Waals surface area contributed by atoms with Gasteiger partial charge in [-0.05, 0) is 49.6 Å². The summed E-state index contributed by atoms with van der Waals surface area (Å²) in [5.74, 6) is 0.961. The number of fused-ring (bicyclic) bond motifs is 1. The highest BCUT2D eigenvalue weighted by Crippen LogP contribution is 2.38. The molecule has 0 aromatic heterocycles. The number of rotatable bonds is 5. The van der Waals surface area contributed by atoms with Crippen LogP contribution in [0.1, 0.15) is 48.1 Å². The van der Waals surface area contributed by atoms with Gasteiger partial charge < -0.3 is 20.1 Å². The summed E-state index contributed by atoms with van der Waals surface area (Å²) in [4.78, 5) is 24.6. The minimum absolute atomic E-state index is 0.0744. The number of hydrogen-bond donors (Lipinski definition) is 2. The molecular weight excluding hydrogens is 392 g/mol. The van der Waals surface area contributed by atoms with Crippen LogP contribution in [0.2, 0.25) is 5.02 Å². The molecule has 1 atom stereocenters.